The summed E-state index contributed by atoms with van der Waals surface area (Å²) >= 11 is 0. The van der Waals surface area contributed by atoms with Crippen LogP contribution in [-0.2, 0) is 0 Å². The Balaban J connectivity index is 0.000000815. The number of aliphatic hydroxyl groups is 3. The molecule has 4 aliphatic carbocycles. The lowest BCUT2D eigenvalue weighted by molar-refractivity contribution is -0.176. The van der Waals surface area contributed by atoms with Gasteiger partial charge in [0, 0.05) is 0 Å². The second-order valence-electron chi connectivity index (χ2n) is 9.36. The molecule has 3 heteroatoms. The Hall–Kier alpha value is -0.560. The van der Waals surface area contributed by atoms with Crippen molar-refractivity contribution in [2.24, 2.45) is 34.5 Å². The first-order chi connectivity index (χ1) is 11.4. The summed E-state index contributed by atoms with van der Waals surface area (Å²) in [6.07, 6.45) is 15.5. The van der Waals surface area contributed by atoms with E-state index in [1.165, 1.54) is 0 Å². The van der Waals surface area contributed by atoms with E-state index in [0.717, 1.165) is 51.4 Å². The lowest BCUT2D eigenvalue weighted by atomic mass is 9.44. The van der Waals surface area contributed by atoms with Crippen LogP contribution in [0, 0.1) is 47.3 Å². The van der Waals surface area contributed by atoms with Gasteiger partial charge in [0.05, 0.1) is 18.3 Å². The third-order valence-electron chi connectivity index (χ3n) is 8.61. The number of hydrogen-bond acceptors (Lipinski definition) is 3. The SMILES string of the molecule is C#C.CC12CCC3C(C(O)CC4CC(O)CCC43C)C1CCC2O. The van der Waals surface area contributed by atoms with Crippen LogP contribution in [0.3, 0.4) is 0 Å². The van der Waals surface area contributed by atoms with Gasteiger partial charge in [-0.1, -0.05) is 13.8 Å². The average Bonchev–Trinajstić information content (AvgIpc) is 2.87. The number of aliphatic hydroxyl groups excluding tert-OH is 3. The van der Waals surface area contributed by atoms with Crippen molar-refractivity contribution in [3.05, 3.63) is 0 Å². The second kappa shape index (κ2) is 6.31. The van der Waals surface area contributed by atoms with Crippen molar-refractivity contribution in [2.75, 3.05) is 0 Å². The molecule has 9 atom stereocenters. The van der Waals surface area contributed by atoms with E-state index in [-0.39, 0.29) is 29.1 Å². The molecule has 24 heavy (non-hydrogen) atoms. The zero-order valence-corrected chi connectivity index (χ0v) is 15.2. The maximum absolute atomic E-state index is 10.9. The van der Waals surface area contributed by atoms with E-state index >= 15 is 0 Å². The van der Waals surface area contributed by atoms with Crippen molar-refractivity contribution in [1.29, 1.82) is 0 Å². The molecule has 0 aromatic heterocycles. The fourth-order valence-electron chi connectivity index (χ4n) is 7.17. The quantitative estimate of drug-likeness (QED) is 0.597. The van der Waals surface area contributed by atoms with Crippen molar-refractivity contribution in [3.63, 3.8) is 0 Å². The van der Waals surface area contributed by atoms with Crippen LogP contribution in [0.25, 0.3) is 0 Å². The average molecular weight is 335 g/mol. The minimum atomic E-state index is -0.233. The normalized spacial score (nSPS) is 56.2. The molecule has 0 aromatic rings. The largest absolute Gasteiger partial charge is 0.393 e. The summed E-state index contributed by atoms with van der Waals surface area (Å²) in [6, 6.07) is 0. The Morgan fingerprint density at radius 1 is 0.792 bits per heavy atom. The molecule has 0 saturated heterocycles. The third kappa shape index (κ3) is 2.45. The molecular weight excluding hydrogens is 300 g/mol. The molecule has 0 amide bonds. The molecule has 0 bridgehead atoms. The van der Waals surface area contributed by atoms with Crippen molar-refractivity contribution in [2.45, 2.75) is 83.5 Å². The fraction of sp³-hybridized carbons (Fsp3) is 0.905. The molecule has 0 heterocycles. The van der Waals surface area contributed by atoms with Crippen LogP contribution >= 0.6 is 0 Å². The van der Waals surface area contributed by atoms with E-state index in [0.29, 0.717) is 23.7 Å². The predicted octanol–water partition coefficient (Wildman–Crippen LogP) is 2.97. The highest BCUT2D eigenvalue weighted by molar-refractivity contribution is 5.11. The minimum Gasteiger partial charge on any atom is -0.393 e. The van der Waals surface area contributed by atoms with Crippen molar-refractivity contribution in [1.82, 2.24) is 0 Å². The first-order valence-corrected chi connectivity index (χ1v) is 9.74. The lowest BCUT2D eigenvalue weighted by Gasteiger charge is -2.62. The maximum atomic E-state index is 10.9. The highest BCUT2D eigenvalue weighted by atomic mass is 16.3. The Labute approximate surface area is 146 Å². The van der Waals surface area contributed by atoms with Gasteiger partial charge >= 0.3 is 0 Å². The number of rotatable bonds is 0. The van der Waals surface area contributed by atoms with E-state index < -0.39 is 0 Å². The molecule has 0 aromatic carbocycles. The summed E-state index contributed by atoms with van der Waals surface area (Å²) in [5.74, 6) is 1.91. The van der Waals surface area contributed by atoms with Gasteiger partial charge < -0.3 is 15.3 Å². The Bertz CT molecular complexity index is 489. The zero-order chi connectivity index (χ0) is 17.7. The topological polar surface area (TPSA) is 60.7 Å². The molecule has 3 N–H and O–H groups in total. The summed E-state index contributed by atoms with van der Waals surface area (Å²) in [4.78, 5) is 0. The van der Waals surface area contributed by atoms with E-state index in [2.05, 4.69) is 26.7 Å². The first-order valence-electron chi connectivity index (χ1n) is 9.74. The smallest absolute Gasteiger partial charge is 0.0596 e. The molecule has 3 nitrogen and oxygen atoms in total. The van der Waals surface area contributed by atoms with E-state index in [4.69, 9.17) is 0 Å². The molecule has 136 valence electrons. The first kappa shape index (κ1) is 18.2. The van der Waals surface area contributed by atoms with Crippen LogP contribution in [0.5, 0.6) is 0 Å². The van der Waals surface area contributed by atoms with Crippen LogP contribution in [0.2, 0.25) is 0 Å². The minimum absolute atomic E-state index is 0.0273. The molecule has 9 unspecified atom stereocenters. The van der Waals surface area contributed by atoms with E-state index in [1.807, 2.05) is 0 Å². The van der Waals surface area contributed by atoms with Crippen molar-refractivity contribution < 1.29 is 15.3 Å². The number of terminal acetylenes is 1. The van der Waals surface area contributed by atoms with Crippen LogP contribution in [0.15, 0.2) is 0 Å². The molecular formula is C21H34O3. The van der Waals surface area contributed by atoms with Gasteiger partial charge in [-0.3, -0.25) is 0 Å². The molecule has 4 aliphatic rings. The van der Waals surface area contributed by atoms with Crippen molar-refractivity contribution >= 4 is 0 Å². The van der Waals surface area contributed by atoms with Gasteiger partial charge in [0.15, 0.2) is 0 Å². The molecule has 4 fully saturated rings. The highest BCUT2D eigenvalue weighted by Crippen LogP contribution is 2.66. The van der Waals surface area contributed by atoms with Gasteiger partial charge in [0.25, 0.3) is 0 Å². The molecule has 4 saturated carbocycles. The summed E-state index contributed by atoms with van der Waals surface area (Å²) in [5, 5.41) is 31.5. The van der Waals surface area contributed by atoms with E-state index in [1.54, 1.807) is 0 Å². The zero-order valence-electron chi connectivity index (χ0n) is 15.2. The van der Waals surface area contributed by atoms with Crippen LogP contribution in [0.1, 0.15) is 65.2 Å². The Morgan fingerprint density at radius 3 is 2.12 bits per heavy atom. The monoisotopic (exact) mass is 334 g/mol. The number of fused-ring (bicyclic) bond motifs is 5. The van der Waals surface area contributed by atoms with Crippen LogP contribution < -0.4 is 0 Å². The van der Waals surface area contributed by atoms with Gasteiger partial charge in [-0.15, -0.1) is 12.8 Å². The summed E-state index contributed by atoms with van der Waals surface area (Å²) in [6.45, 7) is 4.69. The summed E-state index contributed by atoms with van der Waals surface area (Å²) in [5.41, 5.74) is 0.317. The van der Waals surface area contributed by atoms with Crippen LogP contribution in [0.4, 0.5) is 0 Å². The molecule has 0 spiro atoms. The maximum Gasteiger partial charge on any atom is 0.0596 e. The van der Waals surface area contributed by atoms with Gasteiger partial charge in [0.2, 0.25) is 0 Å². The fourth-order valence-corrected chi connectivity index (χ4v) is 7.17. The lowest BCUT2D eigenvalue weighted by Crippen LogP contribution is -2.58. The van der Waals surface area contributed by atoms with Gasteiger partial charge in [0.1, 0.15) is 0 Å². The number of hydrogen-bond donors (Lipinski definition) is 3. The van der Waals surface area contributed by atoms with Crippen LogP contribution in [-0.4, -0.2) is 33.6 Å². The third-order valence-corrected chi connectivity index (χ3v) is 8.61. The summed E-state index contributed by atoms with van der Waals surface area (Å²) < 4.78 is 0. The van der Waals surface area contributed by atoms with Crippen molar-refractivity contribution in [3.8, 4) is 12.8 Å². The van der Waals surface area contributed by atoms with Gasteiger partial charge in [-0.2, -0.15) is 0 Å². The second-order valence-corrected chi connectivity index (χ2v) is 9.36. The molecule has 4 rings (SSSR count). The van der Waals surface area contributed by atoms with Gasteiger partial charge in [-0.05, 0) is 85.9 Å². The molecule has 0 radical (unpaired) electrons. The Kier molecular flexibility index (Phi) is 4.79. The standard InChI is InChI=1S/C19H32O3.C2H2/c1-18-7-5-12(20)9-11(18)10-15(21)17-13-3-4-16(22)19(13,2)8-6-14(17)18;1-2/h11-17,20-22H,3-10H2,1-2H3;1-2H. The molecule has 0 aliphatic heterocycles. The summed E-state index contributed by atoms with van der Waals surface area (Å²) in [7, 11) is 0. The predicted molar refractivity (Wildman–Crippen MR) is 95.0 cm³/mol. The van der Waals surface area contributed by atoms with E-state index in [9.17, 15) is 15.3 Å². The van der Waals surface area contributed by atoms with Gasteiger partial charge in [-0.25, -0.2) is 0 Å². The Morgan fingerprint density at radius 2 is 1.42 bits per heavy atom. The highest BCUT2D eigenvalue weighted by Gasteiger charge is 2.62.